The van der Waals surface area contributed by atoms with Crippen LogP contribution < -0.4 is 11.3 Å². The first kappa shape index (κ1) is 9.32. The Hall–Kier alpha value is -0.770. The van der Waals surface area contributed by atoms with Crippen LogP contribution in [-0.2, 0) is 0 Å². The Morgan fingerprint density at radius 1 is 1.67 bits per heavy atom. The average molecular weight is 170 g/mol. The normalized spacial score (nSPS) is 17.8. The monoisotopic (exact) mass is 170 g/mol. The Bertz CT molecular complexity index is 162. The molecule has 0 atom stereocenters. The molecule has 3 N–H and O–H groups in total. The van der Waals surface area contributed by atoms with E-state index in [2.05, 4.69) is 22.2 Å². The van der Waals surface area contributed by atoms with Gasteiger partial charge in [0.25, 0.3) is 0 Å². The molecule has 0 heterocycles. The fraction of sp³-hybridized carbons (Fsp3) is 0.875. The van der Waals surface area contributed by atoms with Crippen LogP contribution >= 0.6 is 0 Å². The summed E-state index contributed by atoms with van der Waals surface area (Å²) in [4.78, 5) is 6.24. The van der Waals surface area contributed by atoms with E-state index in [4.69, 9.17) is 5.84 Å². The molecule has 0 aliphatic heterocycles. The molecule has 1 aliphatic carbocycles. The van der Waals surface area contributed by atoms with Crippen LogP contribution in [0.2, 0.25) is 0 Å². The topological polar surface area (TPSA) is 53.6 Å². The molecule has 0 radical (unpaired) electrons. The van der Waals surface area contributed by atoms with Gasteiger partial charge in [0.2, 0.25) is 5.96 Å². The fourth-order valence-corrected chi connectivity index (χ4v) is 1.27. The van der Waals surface area contributed by atoms with Gasteiger partial charge in [0.1, 0.15) is 0 Å². The second kappa shape index (κ2) is 4.30. The van der Waals surface area contributed by atoms with Crippen LogP contribution in [0.5, 0.6) is 0 Å². The van der Waals surface area contributed by atoms with E-state index >= 15 is 0 Å². The molecule has 0 spiro atoms. The third-order valence-electron chi connectivity index (χ3n) is 2.20. The van der Waals surface area contributed by atoms with Crippen molar-refractivity contribution in [3.63, 3.8) is 0 Å². The summed E-state index contributed by atoms with van der Waals surface area (Å²) < 4.78 is 0. The van der Waals surface area contributed by atoms with E-state index in [9.17, 15) is 0 Å². The molecule has 0 unspecified atom stereocenters. The molecule has 0 saturated heterocycles. The summed E-state index contributed by atoms with van der Waals surface area (Å²) in [5.74, 6) is 7.00. The van der Waals surface area contributed by atoms with Crippen molar-refractivity contribution in [1.29, 1.82) is 0 Å². The molecular weight excluding hydrogens is 152 g/mol. The number of nitrogens with one attached hydrogen (secondary N) is 1. The van der Waals surface area contributed by atoms with Crippen molar-refractivity contribution in [2.75, 3.05) is 20.1 Å². The van der Waals surface area contributed by atoms with Crippen molar-refractivity contribution in [2.45, 2.75) is 19.8 Å². The first-order valence-electron chi connectivity index (χ1n) is 4.50. The van der Waals surface area contributed by atoms with Crippen LogP contribution in [0.1, 0.15) is 19.8 Å². The first-order chi connectivity index (χ1) is 5.81. The predicted octanol–water partition coefficient (Wildman–Crippen LogP) is 0.167. The van der Waals surface area contributed by atoms with Gasteiger partial charge in [-0.25, -0.2) is 5.84 Å². The fourth-order valence-electron chi connectivity index (χ4n) is 1.27. The Balaban J connectivity index is 2.40. The van der Waals surface area contributed by atoms with E-state index in [1.54, 1.807) is 7.05 Å². The highest BCUT2D eigenvalue weighted by Gasteiger charge is 2.24. The van der Waals surface area contributed by atoms with E-state index < -0.39 is 0 Å². The zero-order valence-electron chi connectivity index (χ0n) is 7.88. The highest BCUT2D eigenvalue weighted by molar-refractivity contribution is 5.79. The van der Waals surface area contributed by atoms with Gasteiger partial charge in [-0.3, -0.25) is 10.4 Å². The smallest absolute Gasteiger partial charge is 0.208 e. The number of nitrogens with two attached hydrogens (primary N) is 1. The van der Waals surface area contributed by atoms with Gasteiger partial charge in [0.05, 0.1) is 0 Å². The molecule has 0 aromatic rings. The molecule has 1 fully saturated rings. The molecule has 1 aliphatic rings. The van der Waals surface area contributed by atoms with E-state index in [-0.39, 0.29) is 0 Å². The average Bonchev–Trinajstić information content (AvgIpc) is 2.88. The number of nitrogens with zero attached hydrogens (tertiary/aromatic N) is 2. The zero-order chi connectivity index (χ0) is 8.97. The lowest BCUT2D eigenvalue weighted by Crippen LogP contribution is -2.45. The van der Waals surface area contributed by atoms with Gasteiger partial charge in [-0.1, -0.05) is 0 Å². The second-order valence-electron chi connectivity index (χ2n) is 3.17. The van der Waals surface area contributed by atoms with Crippen LogP contribution in [0, 0.1) is 5.92 Å². The van der Waals surface area contributed by atoms with Crippen molar-refractivity contribution in [3.8, 4) is 0 Å². The van der Waals surface area contributed by atoms with Gasteiger partial charge in [-0.15, -0.1) is 0 Å². The lowest BCUT2D eigenvalue weighted by atomic mass is 10.4. The van der Waals surface area contributed by atoms with Crippen LogP contribution in [0.3, 0.4) is 0 Å². The molecule has 70 valence electrons. The molecule has 4 nitrogen and oxygen atoms in total. The van der Waals surface area contributed by atoms with E-state index in [0.717, 1.165) is 25.0 Å². The molecule has 1 rings (SSSR count). The van der Waals surface area contributed by atoms with Crippen LogP contribution in [0.4, 0.5) is 0 Å². The Kier molecular flexibility index (Phi) is 3.34. The molecule has 1 saturated carbocycles. The van der Waals surface area contributed by atoms with Crippen molar-refractivity contribution in [2.24, 2.45) is 16.8 Å². The lowest BCUT2D eigenvalue weighted by molar-refractivity contribution is 0.404. The molecule has 0 aromatic carbocycles. The first-order valence-corrected chi connectivity index (χ1v) is 4.50. The van der Waals surface area contributed by atoms with E-state index in [1.165, 1.54) is 12.8 Å². The lowest BCUT2D eigenvalue weighted by Gasteiger charge is -2.23. The SMILES string of the molecule is CCN(CC1CC1)C(=NC)NN. The van der Waals surface area contributed by atoms with E-state index in [0.29, 0.717) is 0 Å². The van der Waals surface area contributed by atoms with Gasteiger partial charge in [-0.05, 0) is 25.7 Å². The quantitative estimate of drug-likeness (QED) is 0.275. The maximum atomic E-state index is 5.33. The van der Waals surface area contributed by atoms with Gasteiger partial charge >= 0.3 is 0 Å². The highest BCUT2D eigenvalue weighted by atomic mass is 15.4. The Morgan fingerprint density at radius 2 is 2.33 bits per heavy atom. The summed E-state index contributed by atoms with van der Waals surface area (Å²) in [6.45, 7) is 4.17. The van der Waals surface area contributed by atoms with Crippen molar-refractivity contribution < 1.29 is 0 Å². The number of guanidine groups is 1. The number of rotatable bonds is 3. The Labute approximate surface area is 73.8 Å². The standard InChI is InChI=1S/C8H18N4/c1-3-12(6-7-4-5-7)8(10-2)11-9/h7H,3-6,9H2,1-2H3,(H,10,11). The summed E-state index contributed by atoms with van der Waals surface area (Å²) in [5.41, 5.74) is 2.61. The number of hydrogen-bond donors (Lipinski definition) is 2. The minimum absolute atomic E-state index is 0.796. The maximum absolute atomic E-state index is 5.33. The molecule has 0 bridgehead atoms. The van der Waals surface area contributed by atoms with Gasteiger partial charge < -0.3 is 4.90 Å². The number of hydrogen-bond acceptors (Lipinski definition) is 2. The van der Waals surface area contributed by atoms with E-state index in [1.807, 2.05) is 0 Å². The van der Waals surface area contributed by atoms with Crippen LogP contribution in [-0.4, -0.2) is 31.0 Å². The second-order valence-corrected chi connectivity index (χ2v) is 3.17. The van der Waals surface area contributed by atoms with Gasteiger partial charge in [0, 0.05) is 20.1 Å². The number of aliphatic imine (C=N–C) groups is 1. The largest absolute Gasteiger partial charge is 0.342 e. The highest BCUT2D eigenvalue weighted by Crippen LogP contribution is 2.29. The summed E-state index contributed by atoms with van der Waals surface area (Å²) >= 11 is 0. The van der Waals surface area contributed by atoms with Crippen molar-refractivity contribution in [1.82, 2.24) is 10.3 Å². The minimum atomic E-state index is 0.796. The summed E-state index contributed by atoms with van der Waals surface area (Å²) in [6.07, 6.45) is 2.72. The minimum Gasteiger partial charge on any atom is -0.342 e. The molecular formula is C8H18N4. The van der Waals surface area contributed by atoms with Crippen molar-refractivity contribution >= 4 is 5.96 Å². The molecule has 12 heavy (non-hydrogen) atoms. The molecule has 0 aromatic heterocycles. The predicted molar refractivity (Wildman–Crippen MR) is 50.7 cm³/mol. The maximum Gasteiger partial charge on any atom is 0.208 e. The van der Waals surface area contributed by atoms with Crippen LogP contribution in [0.25, 0.3) is 0 Å². The zero-order valence-corrected chi connectivity index (χ0v) is 7.88. The van der Waals surface area contributed by atoms with Gasteiger partial charge in [-0.2, -0.15) is 0 Å². The summed E-state index contributed by atoms with van der Waals surface area (Å²) in [7, 11) is 1.75. The third kappa shape index (κ3) is 2.37. The van der Waals surface area contributed by atoms with Crippen molar-refractivity contribution in [3.05, 3.63) is 0 Å². The molecule has 0 amide bonds. The van der Waals surface area contributed by atoms with Gasteiger partial charge in [0.15, 0.2) is 0 Å². The summed E-state index contributed by atoms with van der Waals surface area (Å²) in [5, 5.41) is 0. The molecule has 4 heteroatoms. The third-order valence-corrected chi connectivity index (χ3v) is 2.20. The Morgan fingerprint density at radius 3 is 2.67 bits per heavy atom. The number of hydrazine groups is 1. The summed E-state index contributed by atoms with van der Waals surface area (Å²) in [6, 6.07) is 0. The van der Waals surface area contributed by atoms with Crippen LogP contribution in [0.15, 0.2) is 4.99 Å².